The van der Waals surface area contributed by atoms with Crippen molar-refractivity contribution in [1.29, 1.82) is 0 Å². The summed E-state index contributed by atoms with van der Waals surface area (Å²) in [5.41, 5.74) is 9.47. The van der Waals surface area contributed by atoms with Crippen LogP contribution in [0.1, 0.15) is 24.6 Å². The maximum atomic E-state index is 10.9. The number of aromatic hydroxyl groups is 1. The highest BCUT2D eigenvalue weighted by atomic mass is 16.5. The first-order valence-electron chi connectivity index (χ1n) is 8.08. The lowest BCUT2D eigenvalue weighted by Gasteiger charge is -2.11. The van der Waals surface area contributed by atoms with E-state index in [2.05, 4.69) is 5.10 Å². The Morgan fingerprint density at radius 1 is 1.40 bits per heavy atom. The highest BCUT2D eigenvalue weighted by Gasteiger charge is 2.21. The van der Waals surface area contributed by atoms with Gasteiger partial charge in [-0.15, -0.1) is 9.61 Å². The molecule has 0 fully saturated rings. The molecule has 0 radical (unpaired) electrons. The number of hydrogen-bond acceptors (Lipinski definition) is 5. The number of phenols is 1. The lowest BCUT2D eigenvalue weighted by molar-refractivity contribution is -0.556. The molecule has 3 rings (SSSR count). The summed E-state index contributed by atoms with van der Waals surface area (Å²) in [6.07, 6.45) is 3.15. The number of benzene rings is 1. The molecule has 1 aromatic carbocycles. The Hall–Kier alpha value is -3.09. The van der Waals surface area contributed by atoms with Crippen LogP contribution in [0.15, 0.2) is 36.5 Å². The van der Waals surface area contributed by atoms with Gasteiger partial charge >= 0.3 is 5.97 Å². The minimum absolute atomic E-state index is 0.136. The zero-order valence-electron chi connectivity index (χ0n) is 14.3. The minimum atomic E-state index is -0.296. The lowest BCUT2D eigenvalue weighted by atomic mass is 10.1. The number of esters is 1. The van der Waals surface area contributed by atoms with E-state index in [1.807, 2.05) is 25.3 Å². The number of fused-ring (bicyclic) bond motifs is 1. The third-order valence-electron chi connectivity index (χ3n) is 3.93. The van der Waals surface area contributed by atoms with Crippen LogP contribution in [0.5, 0.6) is 5.75 Å². The Balaban J connectivity index is 2.06. The molecule has 7 heteroatoms. The van der Waals surface area contributed by atoms with Crippen molar-refractivity contribution in [2.75, 3.05) is 12.3 Å². The molecule has 0 aliphatic heterocycles. The second-order valence-corrected chi connectivity index (χ2v) is 5.90. The molecule has 0 saturated heterocycles. The predicted octanol–water partition coefficient (Wildman–Crippen LogP) is 1.70. The maximum absolute atomic E-state index is 10.9. The summed E-state index contributed by atoms with van der Waals surface area (Å²) >= 11 is 0. The molecule has 3 N–H and O–H groups in total. The third kappa shape index (κ3) is 3.40. The quantitative estimate of drug-likeness (QED) is 0.418. The van der Waals surface area contributed by atoms with E-state index in [1.165, 1.54) is 6.92 Å². The molecule has 3 aromatic rings. The Morgan fingerprint density at radius 2 is 2.16 bits per heavy atom. The molecule has 130 valence electrons. The summed E-state index contributed by atoms with van der Waals surface area (Å²) in [4.78, 5) is 10.9. The van der Waals surface area contributed by atoms with Crippen LogP contribution in [-0.4, -0.2) is 27.3 Å². The van der Waals surface area contributed by atoms with E-state index in [0.717, 1.165) is 16.9 Å². The number of phenolic OH excluding ortho intramolecular Hbond substituents is 1. The molecule has 0 bridgehead atoms. The van der Waals surface area contributed by atoms with Crippen molar-refractivity contribution >= 4 is 17.4 Å². The fourth-order valence-electron chi connectivity index (χ4n) is 2.82. The van der Waals surface area contributed by atoms with Gasteiger partial charge in [-0.25, -0.2) is 0 Å². The zero-order valence-corrected chi connectivity index (χ0v) is 14.3. The molecule has 0 atom stereocenters. The monoisotopic (exact) mass is 341 g/mol. The lowest BCUT2D eigenvalue weighted by Crippen LogP contribution is -2.38. The molecular weight excluding hydrogens is 320 g/mol. The first-order valence-corrected chi connectivity index (χ1v) is 8.08. The van der Waals surface area contributed by atoms with Crippen LogP contribution >= 0.6 is 0 Å². The van der Waals surface area contributed by atoms with E-state index >= 15 is 0 Å². The Morgan fingerprint density at radius 3 is 2.88 bits per heavy atom. The van der Waals surface area contributed by atoms with Gasteiger partial charge in [0.05, 0.1) is 17.9 Å². The number of hydrogen-bond donors (Lipinski definition) is 2. The number of ether oxygens (including phenoxy) is 1. The predicted molar refractivity (Wildman–Crippen MR) is 92.5 cm³/mol. The van der Waals surface area contributed by atoms with Crippen LogP contribution in [-0.2, 0) is 16.0 Å². The van der Waals surface area contributed by atoms with Crippen LogP contribution in [0.25, 0.3) is 11.3 Å². The standard InChI is InChI=1S/C18H20N4O3/c1-12-10-17-21(20-12)11-14(6-5-9-25-13(2)23)18(19)22(17)15-7-3-4-8-16(15)24/h3-4,7-8,10-11,19,24H,5-6,9H2,1-2H3/p+1. The summed E-state index contributed by atoms with van der Waals surface area (Å²) in [6, 6.07) is 8.93. The SMILES string of the molecule is CC(=O)OCCCc1cn2nc(C)cc2[n+](-c2ccccc2O)c1N. The van der Waals surface area contributed by atoms with Gasteiger partial charge in [0.15, 0.2) is 5.75 Å². The number of nitrogens with two attached hydrogens (primary N) is 1. The molecule has 2 heterocycles. The first kappa shape index (κ1) is 16.8. The molecule has 7 nitrogen and oxygen atoms in total. The van der Waals surface area contributed by atoms with Gasteiger partial charge in [-0.3, -0.25) is 4.79 Å². The molecule has 0 amide bonds. The Labute approximate surface area is 145 Å². The van der Waals surface area contributed by atoms with E-state index in [-0.39, 0.29) is 11.7 Å². The van der Waals surface area contributed by atoms with Crippen molar-refractivity contribution in [1.82, 2.24) is 9.61 Å². The smallest absolute Gasteiger partial charge is 0.302 e. The van der Waals surface area contributed by atoms with Gasteiger partial charge in [-0.1, -0.05) is 12.1 Å². The average Bonchev–Trinajstić information content (AvgIpc) is 2.92. The van der Waals surface area contributed by atoms with Crippen molar-refractivity contribution in [3.05, 3.63) is 47.8 Å². The molecule has 0 unspecified atom stereocenters. The van der Waals surface area contributed by atoms with Crippen molar-refractivity contribution < 1.29 is 19.2 Å². The summed E-state index contributed by atoms with van der Waals surface area (Å²) < 4.78 is 8.52. The fraction of sp³-hybridized carbons (Fsp3) is 0.278. The second kappa shape index (κ2) is 6.80. The third-order valence-corrected chi connectivity index (χ3v) is 3.93. The van der Waals surface area contributed by atoms with Crippen LogP contribution in [0, 0.1) is 6.92 Å². The molecule has 2 aromatic heterocycles. The molecular formula is C18H21N4O3+. The minimum Gasteiger partial charge on any atom is -0.504 e. The molecule has 0 saturated carbocycles. The number of nitrogens with zero attached hydrogens (tertiary/aromatic N) is 3. The van der Waals surface area contributed by atoms with Gasteiger partial charge in [-0.05, 0) is 31.9 Å². The van der Waals surface area contributed by atoms with Crippen LogP contribution in [0.3, 0.4) is 0 Å². The van der Waals surface area contributed by atoms with Crippen LogP contribution in [0.4, 0.5) is 5.82 Å². The number of carbonyl (C=O) groups is 1. The average molecular weight is 341 g/mol. The number of nitrogen functional groups attached to an aromatic ring is 1. The van der Waals surface area contributed by atoms with Crippen molar-refractivity contribution in [3.8, 4) is 11.4 Å². The van der Waals surface area contributed by atoms with Crippen LogP contribution < -0.4 is 10.3 Å². The zero-order chi connectivity index (χ0) is 18.0. The summed E-state index contributed by atoms with van der Waals surface area (Å²) in [7, 11) is 0. The summed E-state index contributed by atoms with van der Waals surface area (Å²) in [5, 5.41) is 14.7. The number of para-hydroxylation sites is 2. The topological polar surface area (TPSA) is 93.7 Å². The molecule has 0 aliphatic carbocycles. The Kier molecular flexibility index (Phi) is 4.56. The van der Waals surface area contributed by atoms with Gasteiger partial charge in [0.1, 0.15) is 11.9 Å². The second-order valence-electron chi connectivity index (χ2n) is 5.90. The first-order chi connectivity index (χ1) is 12.0. The van der Waals surface area contributed by atoms with E-state index in [4.69, 9.17) is 10.5 Å². The van der Waals surface area contributed by atoms with Gasteiger partial charge in [0.2, 0.25) is 5.82 Å². The number of aryl methyl sites for hydroxylation is 2. The molecule has 0 spiro atoms. The summed E-state index contributed by atoms with van der Waals surface area (Å²) in [6.45, 7) is 3.62. The highest BCUT2D eigenvalue weighted by molar-refractivity contribution is 5.65. The van der Waals surface area contributed by atoms with Crippen LogP contribution in [0.2, 0.25) is 0 Å². The Bertz CT molecular complexity index is 933. The highest BCUT2D eigenvalue weighted by Crippen LogP contribution is 2.21. The van der Waals surface area contributed by atoms with Crippen molar-refractivity contribution in [2.45, 2.75) is 26.7 Å². The van der Waals surface area contributed by atoms with Crippen molar-refractivity contribution in [3.63, 3.8) is 0 Å². The number of aromatic nitrogens is 3. The normalized spacial score (nSPS) is 11.0. The van der Waals surface area contributed by atoms with Gasteiger partial charge in [0.25, 0.3) is 5.65 Å². The molecule has 0 aliphatic rings. The number of rotatable bonds is 5. The van der Waals surface area contributed by atoms with E-state index in [0.29, 0.717) is 31.0 Å². The van der Waals surface area contributed by atoms with Gasteiger partial charge in [-0.2, -0.15) is 4.57 Å². The maximum Gasteiger partial charge on any atom is 0.302 e. The van der Waals surface area contributed by atoms with Gasteiger partial charge in [0, 0.05) is 13.0 Å². The van der Waals surface area contributed by atoms with Gasteiger partial charge < -0.3 is 15.6 Å². The molecule has 25 heavy (non-hydrogen) atoms. The largest absolute Gasteiger partial charge is 0.504 e. The van der Waals surface area contributed by atoms with E-state index in [9.17, 15) is 9.90 Å². The van der Waals surface area contributed by atoms with E-state index < -0.39 is 0 Å². The summed E-state index contributed by atoms with van der Waals surface area (Å²) in [5.74, 6) is 0.365. The fourth-order valence-corrected chi connectivity index (χ4v) is 2.82. The van der Waals surface area contributed by atoms with Crippen molar-refractivity contribution in [2.24, 2.45) is 0 Å². The number of carbonyl (C=O) groups excluding carboxylic acids is 1. The van der Waals surface area contributed by atoms with E-state index in [1.54, 1.807) is 27.3 Å². The number of anilines is 1.